The van der Waals surface area contributed by atoms with Crippen LogP contribution in [-0.4, -0.2) is 13.1 Å². The summed E-state index contributed by atoms with van der Waals surface area (Å²) in [6.45, 7) is 2.46. The third-order valence-corrected chi connectivity index (χ3v) is 3.82. The number of benzene rings is 1. The molecular formula is C14H20N2. The lowest BCUT2D eigenvalue weighted by Gasteiger charge is -2.31. The van der Waals surface area contributed by atoms with Crippen LogP contribution in [-0.2, 0) is 6.42 Å². The molecule has 1 saturated carbocycles. The fraction of sp³-hybridized carbons (Fsp3) is 0.571. The number of nitrogens with two attached hydrogens (primary N) is 1. The van der Waals surface area contributed by atoms with Crippen molar-refractivity contribution in [1.82, 2.24) is 0 Å². The minimum absolute atomic E-state index is 0.905. The van der Waals surface area contributed by atoms with Gasteiger partial charge in [-0.05, 0) is 48.9 Å². The number of nitrogens with zero attached hydrogens (tertiary/aromatic N) is 1. The molecule has 3 rings (SSSR count). The van der Waals surface area contributed by atoms with Gasteiger partial charge in [0, 0.05) is 24.5 Å². The molecule has 0 bridgehead atoms. The molecule has 1 aliphatic heterocycles. The van der Waals surface area contributed by atoms with Gasteiger partial charge in [-0.3, -0.25) is 0 Å². The number of anilines is 2. The lowest BCUT2D eigenvalue weighted by molar-refractivity contribution is 0.636. The molecule has 0 radical (unpaired) electrons. The first-order valence-corrected chi connectivity index (χ1v) is 6.46. The number of rotatable bonds is 3. The molecule has 0 amide bonds. The average Bonchev–Trinajstić information content (AvgIpc) is 3.09. The van der Waals surface area contributed by atoms with Crippen LogP contribution >= 0.6 is 0 Å². The van der Waals surface area contributed by atoms with Gasteiger partial charge in [0.05, 0.1) is 0 Å². The second-order valence-electron chi connectivity index (χ2n) is 5.21. The summed E-state index contributed by atoms with van der Waals surface area (Å²) in [6.07, 6.45) is 6.77. The Morgan fingerprint density at radius 2 is 2.19 bits per heavy atom. The Bertz CT molecular complexity index is 382. The van der Waals surface area contributed by atoms with E-state index in [0.717, 1.165) is 11.6 Å². The summed E-state index contributed by atoms with van der Waals surface area (Å²) in [5.74, 6) is 1.03. The van der Waals surface area contributed by atoms with Crippen LogP contribution in [0.5, 0.6) is 0 Å². The first kappa shape index (κ1) is 10.0. The van der Waals surface area contributed by atoms with E-state index in [1.165, 1.54) is 56.4 Å². The number of hydrogen-bond donors (Lipinski definition) is 1. The highest BCUT2D eigenvalue weighted by Gasteiger charge is 2.23. The highest BCUT2D eigenvalue weighted by molar-refractivity contribution is 5.61. The second-order valence-corrected chi connectivity index (χ2v) is 5.21. The summed E-state index contributed by atoms with van der Waals surface area (Å²) in [5.41, 5.74) is 9.62. The van der Waals surface area contributed by atoms with Gasteiger partial charge in [0.25, 0.3) is 0 Å². The lowest BCUT2D eigenvalue weighted by Crippen LogP contribution is -2.30. The summed E-state index contributed by atoms with van der Waals surface area (Å²) in [6, 6.07) is 6.39. The minimum Gasteiger partial charge on any atom is -0.399 e. The van der Waals surface area contributed by atoms with E-state index in [-0.39, 0.29) is 0 Å². The normalized spacial score (nSPS) is 19.6. The van der Waals surface area contributed by atoms with Gasteiger partial charge in [-0.25, -0.2) is 0 Å². The summed E-state index contributed by atoms with van der Waals surface area (Å²) >= 11 is 0. The first-order valence-electron chi connectivity index (χ1n) is 6.46. The SMILES string of the molecule is Nc1ccc2c(c1)CCCN2CCC1CC1. The van der Waals surface area contributed by atoms with Gasteiger partial charge < -0.3 is 10.6 Å². The Balaban J connectivity index is 1.76. The summed E-state index contributed by atoms with van der Waals surface area (Å²) in [7, 11) is 0. The Morgan fingerprint density at radius 3 is 3.00 bits per heavy atom. The maximum atomic E-state index is 5.84. The summed E-state index contributed by atoms with van der Waals surface area (Å²) in [4.78, 5) is 2.55. The predicted octanol–water partition coefficient (Wildman–Crippen LogP) is 2.82. The minimum atomic E-state index is 0.905. The average molecular weight is 216 g/mol. The van der Waals surface area contributed by atoms with Crippen molar-refractivity contribution in [1.29, 1.82) is 0 Å². The molecule has 2 N–H and O–H groups in total. The molecule has 86 valence electrons. The van der Waals surface area contributed by atoms with E-state index in [9.17, 15) is 0 Å². The number of aryl methyl sites for hydroxylation is 1. The van der Waals surface area contributed by atoms with E-state index in [2.05, 4.69) is 17.0 Å². The standard InChI is InChI=1S/C14H20N2/c15-13-5-6-14-12(10-13)2-1-8-16(14)9-7-11-3-4-11/h5-6,10-11H,1-4,7-9,15H2. The third kappa shape index (κ3) is 2.01. The van der Waals surface area contributed by atoms with Crippen LogP contribution in [0.2, 0.25) is 0 Å². The van der Waals surface area contributed by atoms with Crippen molar-refractivity contribution in [2.75, 3.05) is 23.7 Å². The van der Waals surface area contributed by atoms with Gasteiger partial charge in [-0.2, -0.15) is 0 Å². The molecule has 1 aromatic carbocycles. The van der Waals surface area contributed by atoms with Gasteiger partial charge in [0.15, 0.2) is 0 Å². The molecule has 0 atom stereocenters. The van der Waals surface area contributed by atoms with Crippen molar-refractivity contribution in [2.24, 2.45) is 5.92 Å². The first-order chi connectivity index (χ1) is 7.83. The van der Waals surface area contributed by atoms with Gasteiger partial charge >= 0.3 is 0 Å². The van der Waals surface area contributed by atoms with Crippen LogP contribution in [0.15, 0.2) is 18.2 Å². The molecule has 1 aliphatic carbocycles. The molecule has 0 aromatic heterocycles. The number of fused-ring (bicyclic) bond motifs is 1. The smallest absolute Gasteiger partial charge is 0.0400 e. The van der Waals surface area contributed by atoms with Crippen molar-refractivity contribution in [3.63, 3.8) is 0 Å². The Labute approximate surface area is 97.4 Å². The van der Waals surface area contributed by atoms with Gasteiger partial charge in [0.1, 0.15) is 0 Å². The largest absolute Gasteiger partial charge is 0.399 e. The third-order valence-electron chi connectivity index (χ3n) is 3.82. The van der Waals surface area contributed by atoms with Gasteiger partial charge in [-0.15, -0.1) is 0 Å². The van der Waals surface area contributed by atoms with Gasteiger partial charge in [-0.1, -0.05) is 12.8 Å². The maximum Gasteiger partial charge on any atom is 0.0400 e. The van der Waals surface area contributed by atoms with Crippen molar-refractivity contribution < 1.29 is 0 Å². The van der Waals surface area contributed by atoms with Crippen LogP contribution < -0.4 is 10.6 Å². The zero-order chi connectivity index (χ0) is 11.0. The summed E-state index contributed by atoms with van der Waals surface area (Å²) in [5, 5.41) is 0. The molecule has 0 unspecified atom stereocenters. The number of hydrogen-bond acceptors (Lipinski definition) is 2. The van der Waals surface area contributed by atoms with Crippen LogP contribution in [0.4, 0.5) is 11.4 Å². The molecule has 16 heavy (non-hydrogen) atoms. The fourth-order valence-electron chi connectivity index (χ4n) is 2.67. The number of nitrogen functional groups attached to an aromatic ring is 1. The van der Waals surface area contributed by atoms with Crippen molar-refractivity contribution in [3.8, 4) is 0 Å². The van der Waals surface area contributed by atoms with Crippen LogP contribution in [0.3, 0.4) is 0 Å². The van der Waals surface area contributed by atoms with E-state index in [1.54, 1.807) is 0 Å². The zero-order valence-corrected chi connectivity index (χ0v) is 9.78. The quantitative estimate of drug-likeness (QED) is 0.787. The summed E-state index contributed by atoms with van der Waals surface area (Å²) < 4.78 is 0. The highest BCUT2D eigenvalue weighted by atomic mass is 15.1. The lowest BCUT2D eigenvalue weighted by atomic mass is 10.0. The van der Waals surface area contributed by atoms with Crippen LogP contribution in [0.1, 0.15) is 31.2 Å². The Kier molecular flexibility index (Phi) is 2.50. The van der Waals surface area contributed by atoms with Crippen LogP contribution in [0, 0.1) is 5.92 Å². The van der Waals surface area contributed by atoms with E-state index >= 15 is 0 Å². The van der Waals surface area contributed by atoms with Crippen molar-refractivity contribution in [2.45, 2.75) is 32.1 Å². The zero-order valence-electron chi connectivity index (χ0n) is 9.78. The second kappa shape index (κ2) is 4.00. The van der Waals surface area contributed by atoms with Crippen molar-refractivity contribution in [3.05, 3.63) is 23.8 Å². The molecular weight excluding hydrogens is 196 g/mol. The molecule has 2 heteroatoms. The van der Waals surface area contributed by atoms with E-state index in [4.69, 9.17) is 5.73 Å². The molecule has 1 heterocycles. The molecule has 2 nitrogen and oxygen atoms in total. The monoisotopic (exact) mass is 216 g/mol. The molecule has 0 spiro atoms. The molecule has 1 fully saturated rings. The maximum absolute atomic E-state index is 5.84. The van der Waals surface area contributed by atoms with E-state index in [0.29, 0.717) is 0 Å². The van der Waals surface area contributed by atoms with E-state index in [1.807, 2.05) is 6.07 Å². The highest BCUT2D eigenvalue weighted by Crippen LogP contribution is 2.34. The Morgan fingerprint density at radius 1 is 1.31 bits per heavy atom. The molecule has 2 aliphatic rings. The van der Waals surface area contributed by atoms with Crippen LogP contribution in [0.25, 0.3) is 0 Å². The fourth-order valence-corrected chi connectivity index (χ4v) is 2.67. The van der Waals surface area contributed by atoms with Crippen molar-refractivity contribution >= 4 is 11.4 Å². The van der Waals surface area contributed by atoms with E-state index < -0.39 is 0 Å². The molecule has 1 aromatic rings. The predicted molar refractivity (Wildman–Crippen MR) is 68.7 cm³/mol. The Hall–Kier alpha value is -1.18. The van der Waals surface area contributed by atoms with Gasteiger partial charge in [0.2, 0.25) is 0 Å². The topological polar surface area (TPSA) is 29.3 Å². The molecule has 0 saturated heterocycles.